The first-order valence-electron chi connectivity index (χ1n) is 12.8. The Kier molecular flexibility index (Phi) is 8.58. The molecule has 2 aliphatic rings. The highest BCUT2D eigenvalue weighted by molar-refractivity contribution is 7.85. The summed E-state index contributed by atoms with van der Waals surface area (Å²) in [5.41, 5.74) is 3.89. The largest absolute Gasteiger partial charge is 0.469 e. The number of nitrogens with one attached hydrogen (secondary N) is 2. The molecule has 2 amide bonds. The fourth-order valence-corrected chi connectivity index (χ4v) is 4.80. The maximum absolute atomic E-state index is 13.6. The number of ether oxygens (including phenoxy) is 2. The lowest BCUT2D eigenvalue weighted by Gasteiger charge is -2.22. The zero-order valence-electron chi connectivity index (χ0n) is 22.3. The van der Waals surface area contributed by atoms with Crippen LogP contribution in [0, 0.1) is 0 Å². The minimum Gasteiger partial charge on any atom is -0.469 e. The molecule has 9 nitrogen and oxygen atoms in total. The highest BCUT2D eigenvalue weighted by Crippen LogP contribution is 2.29. The van der Waals surface area contributed by atoms with Gasteiger partial charge in [-0.15, -0.1) is 0 Å². The molecular weight excluding hydrogens is 520 g/mol. The predicted molar refractivity (Wildman–Crippen MR) is 147 cm³/mol. The topological polar surface area (TPSA) is 131 Å². The van der Waals surface area contributed by atoms with Crippen molar-refractivity contribution in [2.75, 3.05) is 19.1 Å². The molecule has 1 heterocycles. The van der Waals surface area contributed by atoms with Gasteiger partial charge in [0, 0.05) is 30.3 Å². The van der Waals surface area contributed by atoms with E-state index in [1.807, 2.05) is 30.3 Å². The predicted octanol–water partition coefficient (Wildman–Crippen LogP) is 3.59. The molecule has 2 unspecified atom stereocenters. The lowest BCUT2D eigenvalue weighted by atomic mass is 9.84. The van der Waals surface area contributed by atoms with Crippen LogP contribution in [0.2, 0.25) is 0 Å². The molecule has 2 aromatic carbocycles. The van der Waals surface area contributed by atoms with Crippen molar-refractivity contribution < 1.29 is 32.0 Å². The first-order valence-corrected chi connectivity index (χ1v) is 14.4. The molecule has 208 valence electrons. The van der Waals surface area contributed by atoms with Crippen LogP contribution >= 0.6 is 0 Å². The van der Waals surface area contributed by atoms with Crippen molar-refractivity contribution >= 4 is 21.9 Å². The Balaban J connectivity index is 1.50. The lowest BCUT2D eigenvalue weighted by Crippen LogP contribution is -2.31. The van der Waals surface area contributed by atoms with Crippen LogP contribution in [0.25, 0.3) is 0 Å². The molecule has 4 rings (SSSR count). The molecule has 2 atom stereocenters. The molecule has 1 fully saturated rings. The van der Waals surface area contributed by atoms with Crippen LogP contribution in [0.4, 0.5) is 0 Å². The Morgan fingerprint density at radius 2 is 1.77 bits per heavy atom. The maximum Gasteiger partial charge on any atom is 0.266 e. The van der Waals surface area contributed by atoms with Crippen LogP contribution in [0.3, 0.4) is 0 Å². The van der Waals surface area contributed by atoms with E-state index >= 15 is 0 Å². The average Bonchev–Trinajstić information content (AvgIpc) is 3.34. The normalized spacial score (nSPS) is 17.8. The van der Waals surface area contributed by atoms with Gasteiger partial charge in [-0.2, -0.15) is 8.42 Å². The van der Waals surface area contributed by atoms with Crippen molar-refractivity contribution in [1.29, 1.82) is 0 Å². The van der Waals surface area contributed by atoms with E-state index in [-0.39, 0.29) is 30.8 Å². The quantitative estimate of drug-likeness (QED) is 0.404. The zero-order chi connectivity index (χ0) is 28.2. The summed E-state index contributed by atoms with van der Waals surface area (Å²) in [5.74, 6) is -0.957. The molecule has 0 spiro atoms. The summed E-state index contributed by atoms with van der Waals surface area (Å²) in [5, 5.41) is 5.50. The molecule has 39 heavy (non-hydrogen) atoms. The van der Waals surface area contributed by atoms with Gasteiger partial charge >= 0.3 is 0 Å². The summed E-state index contributed by atoms with van der Waals surface area (Å²) in [6, 6.07) is 14.9. The molecule has 0 bridgehead atoms. The molecule has 1 saturated heterocycles. The van der Waals surface area contributed by atoms with Crippen molar-refractivity contribution in [2.45, 2.75) is 51.0 Å². The van der Waals surface area contributed by atoms with Gasteiger partial charge in [0.1, 0.15) is 11.9 Å². The average molecular weight is 555 g/mol. The van der Waals surface area contributed by atoms with Crippen molar-refractivity contribution in [3.63, 3.8) is 0 Å². The summed E-state index contributed by atoms with van der Waals surface area (Å²) >= 11 is 0. The van der Waals surface area contributed by atoms with Gasteiger partial charge in [-0.05, 0) is 40.7 Å². The van der Waals surface area contributed by atoms with Crippen molar-refractivity contribution in [2.24, 2.45) is 0 Å². The van der Waals surface area contributed by atoms with Gasteiger partial charge in [0.15, 0.2) is 6.79 Å². The summed E-state index contributed by atoms with van der Waals surface area (Å²) in [4.78, 5) is 25.9. The van der Waals surface area contributed by atoms with Crippen molar-refractivity contribution in [1.82, 2.24) is 10.6 Å². The smallest absolute Gasteiger partial charge is 0.266 e. The fraction of sp³-hybridized carbons (Fsp3) is 0.379. The van der Waals surface area contributed by atoms with E-state index in [1.54, 1.807) is 30.3 Å². The Bertz CT molecular complexity index is 1370. The Morgan fingerprint density at radius 3 is 2.41 bits per heavy atom. The minimum atomic E-state index is -4.16. The zero-order valence-corrected chi connectivity index (χ0v) is 23.1. The van der Waals surface area contributed by atoms with Crippen molar-refractivity contribution in [3.05, 3.63) is 94.4 Å². The third kappa shape index (κ3) is 7.78. The summed E-state index contributed by atoms with van der Waals surface area (Å²) in [6.45, 7) is 6.42. The Hall–Kier alpha value is -3.47. The van der Waals surface area contributed by atoms with Crippen LogP contribution in [-0.2, 0) is 36.2 Å². The standard InChI is InChI=1S/C29H34N2O7S/c1-29(2,3)22-10-8-20(9-11-22)24(28(33)31-23-12-13-25-26(17-23)38-18-37-25)16-19-4-6-21(7-5-19)27(32)30-14-15-39(34,35)36/h4-12,17,24-25H,13-16,18H2,1-3H3,(H,30,32)(H,31,33)(H,34,35,36). The minimum absolute atomic E-state index is 0.0208. The molecule has 3 N–H and O–H groups in total. The van der Waals surface area contributed by atoms with E-state index in [2.05, 4.69) is 31.4 Å². The second-order valence-electron chi connectivity index (χ2n) is 10.7. The number of allylic oxidation sites excluding steroid dienone is 1. The van der Waals surface area contributed by atoms with Gasteiger partial charge in [0.05, 0.1) is 11.7 Å². The number of hydrogen-bond acceptors (Lipinski definition) is 6. The number of hydrogen-bond donors (Lipinski definition) is 3. The van der Waals surface area contributed by atoms with Gasteiger partial charge in [-0.25, -0.2) is 0 Å². The van der Waals surface area contributed by atoms with E-state index in [9.17, 15) is 18.0 Å². The van der Waals surface area contributed by atoms with Gasteiger partial charge in [0.2, 0.25) is 5.91 Å². The van der Waals surface area contributed by atoms with Crippen LogP contribution in [0.5, 0.6) is 0 Å². The highest BCUT2D eigenvalue weighted by Gasteiger charge is 2.28. The number of benzene rings is 2. The first kappa shape index (κ1) is 28.5. The van der Waals surface area contributed by atoms with Crippen LogP contribution in [0.15, 0.2) is 72.1 Å². The lowest BCUT2D eigenvalue weighted by molar-refractivity contribution is -0.121. The number of carbonyl (C=O) groups excluding carboxylic acids is 2. The molecule has 0 radical (unpaired) electrons. The number of rotatable bonds is 9. The van der Waals surface area contributed by atoms with Crippen LogP contribution in [0.1, 0.15) is 60.2 Å². The summed E-state index contributed by atoms with van der Waals surface area (Å²) < 4.78 is 41.5. The molecule has 1 aliphatic heterocycles. The van der Waals surface area contributed by atoms with E-state index in [0.29, 0.717) is 29.9 Å². The monoisotopic (exact) mass is 554 g/mol. The Morgan fingerprint density at radius 1 is 1.08 bits per heavy atom. The van der Waals surface area contributed by atoms with E-state index < -0.39 is 27.7 Å². The maximum atomic E-state index is 13.6. The van der Waals surface area contributed by atoms with E-state index in [4.69, 9.17) is 14.0 Å². The molecule has 0 saturated carbocycles. The van der Waals surface area contributed by atoms with Gasteiger partial charge < -0.3 is 20.1 Å². The molecule has 0 aromatic heterocycles. The molecule has 1 aliphatic carbocycles. The van der Waals surface area contributed by atoms with Crippen LogP contribution in [-0.4, -0.2) is 50.0 Å². The fourth-order valence-electron chi connectivity index (χ4n) is 4.44. The van der Waals surface area contributed by atoms with E-state index in [0.717, 1.165) is 11.1 Å². The van der Waals surface area contributed by atoms with Crippen LogP contribution < -0.4 is 10.6 Å². The summed E-state index contributed by atoms with van der Waals surface area (Å²) in [6.07, 6.45) is 4.65. The van der Waals surface area contributed by atoms with Gasteiger partial charge in [-0.3, -0.25) is 14.1 Å². The number of amides is 2. The molecular formula is C29H34N2O7S. The highest BCUT2D eigenvalue weighted by atomic mass is 32.2. The van der Waals surface area contributed by atoms with E-state index in [1.165, 1.54) is 5.56 Å². The van der Waals surface area contributed by atoms with Gasteiger partial charge in [0.25, 0.3) is 16.0 Å². The second-order valence-corrected chi connectivity index (χ2v) is 12.3. The SMILES string of the molecule is CC(C)(C)c1ccc(C(Cc2ccc(C(=O)NCCS(=O)(=O)O)cc2)C(=O)NC2=CCC3OCOC3=C2)cc1. The number of carbonyl (C=O) groups is 2. The molecule has 2 aromatic rings. The third-order valence-corrected chi connectivity index (χ3v) is 7.45. The second kappa shape index (κ2) is 11.7. The number of fused-ring (bicyclic) bond motifs is 1. The first-order chi connectivity index (χ1) is 18.4. The molecule has 10 heteroatoms. The van der Waals surface area contributed by atoms with Gasteiger partial charge in [-0.1, -0.05) is 63.2 Å². The third-order valence-electron chi connectivity index (χ3n) is 6.73. The Labute approximate surface area is 229 Å². The van der Waals surface area contributed by atoms with Crippen molar-refractivity contribution in [3.8, 4) is 0 Å². The summed E-state index contributed by atoms with van der Waals surface area (Å²) in [7, 11) is -4.16.